The van der Waals surface area contributed by atoms with Crippen molar-refractivity contribution in [3.05, 3.63) is 275 Å². The van der Waals surface area contributed by atoms with Crippen LogP contribution in [0, 0.1) is 0 Å². The van der Waals surface area contributed by atoms with Crippen molar-refractivity contribution < 1.29 is 61.6 Å². The third kappa shape index (κ3) is 42.1. The standard InChI is InChI=1S/C117H155NO13/c1-5-9-13-17-21-25-29-33-37-41-77-120-105-63-45-96(46-64-105)88-128-113-75-57-100(81-115(113)130-90-98-49-67-107(68-50-98)122-79-43-39-35-31-27-23-19-15-11-7-3)92-124-109-71-53-94(54-72-109)86-126-111-83-104(102-59-61-103(62-60-102)117(118)119)84-112(85-111)127-87-95-55-73-110(74-56-95)125-93-101-58-76-114(129-89-97-47-65-106(66-48-97)121-78-42-38-34-30-26-22-18-14-10-6-2)116(82-101)131-91-99-51-69-108(70-52-99)123-80-44-40-36-32-28-24-20-16-12-8-4/h45-76,81-85H,5-44,77-80,86-93H2,1-4H3,(H2,118,119). The largest absolute Gasteiger partial charge is 0.494 e. The lowest BCUT2D eigenvalue weighted by Gasteiger charge is -2.16. The Labute approximate surface area is 787 Å². The van der Waals surface area contributed by atoms with E-state index in [1.807, 2.05) is 164 Å². The zero-order valence-electron chi connectivity index (χ0n) is 80.0. The van der Waals surface area contributed by atoms with Gasteiger partial charge in [0.05, 0.1) is 26.4 Å². The highest BCUT2D eigenvalue weighted by Gasteiger charge is 2.16. The van der Waals surface area contributed by atoms with Crippen molar-refractivity contribution in [1.82, 2.24) is 0 Å². The maximum absolute atomic E-state index is 12.1. The lowest BCUT2D eigenvalue weighted by atomic mass is 10.0. The first kappa shape index (κ1) is 102. The van der Waals surface area contributed by atoms with Gasteiger partial charge in [-0.15, -0.1) is 0 Å². The quantitative estimate of drug-likeness (QED) is 0.0360. The van der Waals surface area contributed by atoms with Crippen LogP contribution in [0.5, 0.6) is 69.0 Å². The second kappa shape index (κ2) is 63.4. The van der Waals surface area contributed by atoms with E-state index >= 15 is 0 Å². The van der Waals surface area contributed by atoms with E-state index in [0.717, 1.165) is 131 Å². The molecular formula is C117H155NO13. The first-order valence-electron chi connectivity index (χ1n) is 50.5. The van der Waals surface area contributed by atoms with Gasteiger partial charge in [0.1, 0.15) is 98.9 Å². The van der Waals surface area contributed by atoms with Gasteiger partial charge in [-0.25, -0.2) is 0 Å². The van der Waals surface area contributed by atoms with Crippen LogP contribution in [0.25, 0.3) is 11.1 Å². The summed E-state index contributed by atoms with van der Waals surface area (Å²) < 4.78 is 76.9. The molecule has 0 aliphatic heterocycles. The number of carbonyl (C=O) groups is 1. The molecule has 0 unspecified atom stereocenters. The highest BCUT2D eigenvalue weighted by atomic mass is 16.5. The van der Waals surface area contributed by atoms with Crippen LogP contribution in [-0.4, -0.2) is 32.3 Å². The van der Waals surface area contributed by atoms with Crippen LogP contribution >= 0.6 is 0 Å². The lowest BCUT2D eigenvalue weighted by Crippen LogP contribution is -2.10. The molecule has 706 valence electrons. The molecule has 0 aromatic heterocycles. The molecule has 1 amide bonds. The number of carbonyl (C=O) groups excluding carboxylic acids is 1. The van der Waals surface area contributed by atoms with Crippen LogP contribution in [0.2, 0.25) is 0 Å². The third-order valence-corrected chi connectivity index (χ3v) is 24.2. The number of hydrogen-bond donors (Lipinski definition) is 1. The maximum Gasteiger partial charge on any atom is 0.248 e. The normalized spacial score (nSPS) is 11.2. The molecule has 0 saturated carbocycles. The van der Waals surface area contributed by atoms with Gasteiger partial charge in [0.2, 0.25) is 5.91 Å². The summed E-state index contributed by atoms with van der Waals surface area (Å²) >= 11 is 0. The van der Waals surface area contributed by atoms with Gasteiger partial charge in [-0.2, -0.15) is 0 Å². The molecule has 14 heteroatoms. The highest BCUT2D eigenvalue weighted by molar-refractivity contribution is 5.93. The van der Waals surface area contributed by atoms with E-state index < -0.39 is 5.91 Å². The van der Waals surface area contributed by atoms with Crippen molar-refractivity contribution in [3.8, 4) is 80.1 Å². The minimum absolute atomic E-state index is 0.279. The molecule has 10 aromatic carbocycles. The van der Waals surface area contributed by atoms with Crippen molar-refractivity contribution in [2.75, 3.05) is 26.4 Å². The van der Waals surface area contributed by atoms with Gasteiger partial charge in [0.15, 0.2) is 23.0 Å². The molecule has 10 rings (SSSR count). The minimum atomic E-state index is -0.493. The van der Waals surface area contributed by atoms with Gasteiger partial charge in [-0.05, 0) is 203 Å². The van der Waals surface area contributed by atoms with E-state index in [1.165, 1.54) is 231 Å². The zero-order valence-corrected chi connectivity index (χ0v) is 80.0. The van der Waals surface area contributed by atoms with Crippen molar-refractivity contribution in [3.63, 3.8) is 0 Å². The van der Waals surface area contributed by atoms with Crippen molar-refractivity contribution in [2.24, 2.45) is 5.73 Å². The fourth-order valence-corrected chi connectivity index (χ4v) is 16.0. The number of ether oxygens (including phenoxy) is 12. The fourth-order valence-electron chi connectivity index (χ4n) is 16.0. The first-order valence-corrected chi connectivity index (χ1v) is 50.5. The molecular weight excluding hydrogens is 1630 g/mol. The number of primary amides is 1. The Morgan fingerprint density at radius 1 is 0.183 bits per heavy atom. The molecule has 0 atom stereocenters. The van der Waals surface area contributed by atoms with E-state index in [0.29, 0.717) is 91.2 Å². The molecule has 131 heavy (non-hydrogen) atoms. The second-order valence-electron chi connectivity index (χ2n) is 35.5. The summed E-state index contributed by atoms with van der Waals surface area (Å²) in [4.78, 5) is 12.1. The monoisotopic (exact) mass is 1780 g/mol. The maximum atomic E-state index is 12.1. The van der Waals surface area contributed by atoms with E-state index in [1.54, 1.807) is 12.1 Å². The van der Waals surface area contributed by atoms with E-state index in [4.69, 9.17) is 62.6 Å². The molecule has 0 aliphatic carbocycles. The second-order valence-corrected chi connectivity index (χ2v) is 35.5. The highest BCUT2D eigenvalue weighted by Crippen LogP contribution is 2.36. The Balaban J connectivity index is 0.720. The summed E-state index contributed by atoms with van der Waals surface area (Å²) in [5.74, 6) is 8.17. The number of nitrogens with two attached hydrogens (primary N) is 1. The predicted molar refractivity (Wildman–Crippen MR) is 536 cm³/mol. The van der Waals surface area contributed by atoms with E-state index in [-0.39, 0.29) is 13.2 Å². The van der Waals surface area contributed by atoms with Gasteiger partial charge in [-0.3, -0.25) is 4.79 Å². The number of unbranched alkanes of at least 4 members (excludes halogenated alkanes) is 36. The molecule has 0 saturated heterocycles. The van der Waals surface area contributed by atoms with Gasteiger partial charge in [-0.1, -0.05) is 356 Å². The Morgan fingerprint density at radius 3 is 0.641 bits per heavy atom. The van der Waals surface area contributed by atoms with Crippen molar-refractivity contribution in [1.29, 1.82) is 0 Å². The summed E-state index contributed by atoms with van der Waals surface area (Å²) in [7, 11) is 0. The SMILES string of the molecule is CCCCCCCCCCCCOc1ccc(COc2ccc(COc3ccc(COc4cc(OCc5ccc(OCc6ccc(OCc7ccc(OCCCCCCCCCCCC)cc7)c(OCc7ccc(OCCCCCCCCCCCC)cc7)c6)cc5)cc(-c5ccc(C(N)=O)cc5)c4)cc3)cc2OCc2ccc(OCCCCCCCCCCCC)cc2)cc1. The Kier molecular flexibility index (Phi) is 49.5. The Hall–Kier alpha value is -10.7. The van der Waals surface area contributed by atoms with Gasteiger partial charge in [0, 0.05) is 11.6 Å². The molecule has 0 heterocycles. The van der Waals surface area contributed by atoms with E-state index in [9.17, 15) is 4.79 Å². The third-order valence-electron chi connectivity index (χ3n) is 24.2. The minimum Gasteiger partial charge on any atom is -0.494 e. The molecule has 0 radical (unpaired) electrons. The predicted octanol–water partition coefficient (Wildman–Crippen LogP) is 32.3. The molecule has 0 aliphatic rings. The van der Waals surface area contributed by atoms with E-state index in [2.05, 4.69) is 76.2 Å². The molecule has 0 spiro atoms. The van der Waals surface area contributed by atoms with Gasteiger partial charge >= 0.3 is 0 Å². The van der Waals surface area contributed by atoms with Crippen molar-refractivity contribution >= 4 is 5.91 Å². The first-order chi connectivity index (χ1) is 64.6. The number of rotatable bonds is 74. The van der Waals surface area contributed by atoms with Crippen LogP contribution in [0.1, 0.15) is 339 Å². The zero-order chi connectivity index (χ0) is 91.3. The number of amides is 1. The summed E-state index contributed by atoms with van der Waals surface area (Å²) in [6.07, 6.45) is 51.8. The topological polar surface area (TPSA) is 154 Å². The number of benzene rings is 10. The molecule has 14 nitrogen and oxygen atoms in total. The lowest BCUT2D eigenvalue weighted by molar-refractivity contribution is 0.1000. The van der Waals surface area contributed by atoms with Crippen molar-refractivity contribution in [2.45, 2.75) is 337 Å². The van der Waals surface area contributed by atoms with Gasteiger partial charge in [0.25, 0.3) is 0 Å². The molecule has 0 fully saturated rings. The average molecular weight is 1780 g/mol. The average Bonchev–Trinajstić information content (AvgIpc) is 0.794. The summed E-state index contributed by atoms with van der Waals surface area (Å²) in [5, 5.41) is 0. The van der Waals surface area contributed by atoms with Gasteiger partial charge < -0.3 is 62.6 Å². The molecule has 2 N–H and O–H groups in total. The smallest absolute Gasteiger partial charge is 0.248 e. The van der Waals surface area contributed by atoms with Crippen LogP contribution in [0.4, 0.5) is 0 Å². The van der Waals surface area contributed by atoms with Crippen LogP contribution in [0.15, 0.2) is 224 Å². The molecule has 10 aromatic rings. The summed E-state index contributed by atoms with van der Waals surface area (Å²) in [6, 6.07) is 73.8. The fraction of sp³-hybridized carbons (Fsp3) is 0.479. The number of hydrogen-bond acceptors (Lipinski definition) is 13. The summed E-state index contributed by atoms with van der Waals surface area (Å²) in [5.41, 5.74) is 15.7. The Bertz CT molecular complexity index is 4380. The van der Waals surface area contributed by atoms with Crippen LogP contribution in [0.3, 0.4) is 0 Å². The summed E-state index contributed by atoms with van der Waals surface area (Å²) in [6.45, 7) is 14.6. The van der Waals surface area contributed by atoms with Crippen LogP contribution in [-0.2, 0) is 52.9 Å². The Morgan fingerprint density at radius 2 is 0.389 bits per heavy atom. The molecule has 0 bridgehead atoms. The van der Waals surface area contributed by atoms with Crippen LogP contribution < -0.4 is 62.6 Å².